The highest BCUT2D eigenvalue weighted by Crippen LogP contribution is 2.35. The molecule has 138 valence electrons. The van der Waals surface area contributed by atoms with E-state index in [1.807, 2.05) is 36.1 Å². The maximum atomic E-state index is 12.1. The van der Waals surface area contributed by atoms with Crippen LogP contribution in [0.1, 0.15) is 28.4 Å². The number of carbonyl (C=O) groups is 1. The first-order valence-electron chi connectivity index (χ1n) is 8.76. The highest BCUT2D eigenvalue weighted by Gasteiger charge is 2.25. The topological polar surface area (TPSA) is 69.0 Å². The van der Waals surface area contributed by atoms with Gasteiger partial charge in [-0.1, -0.05) is 19.1 Å². The lowest BCUT2D eigenvalue weighted by atomic mass is 10.0. The molecule has 0 saturated carbocycles. The molecule has 1 aliphatic rings. The van der Waals surface area contributed by atoms with Crippen molar-refractivity contribution in [1.82, 2.24) is 0 Å². The van der Waals surface area contributed by atoms with Crippen LogP contribution in [0.2, 0.25) is 0 Å². The van der Waals surface area contributed by atoms with Gasteiger partial charge >= 0.3 is 11.6 Å². The number of para-hydroxylation sites is 1. The average Bonchev–Trinajstić information content (AvgIpc) is 2.72. The number of carbonyl (C=O) groups excluding carboxylic acids is 1. The van der Waals surface area contributed by atoms with E-state index in [1.165, 1.54) is 13.2 Å². The van der Waals surface area contributed by atoms with Crippen molar-refractivity contribution in [3.8, 4) is 5.75 Å². The standard InChI is InChI=1S/C21H19NO5/c1-3-13-10-19(23)27-20-14(13)8-9-18-16(20)11-22(12-26-18)17-7-5-4-6-15(17)21(24)25-2/h4-10H,3,11-12H2,1-2H3. The van der Waals surface area contributed by atoms with E-state index < -0.39 is 5.97 Å². The van der Waals surface area contributed by atoms with Gasteiger partial charge in [0.15, 0.2) is 6.73 Å². The summed E-state index contributed by atoms with van der Waals surface area (Å²) in [6.07, 6.45) is 0.733. The summed E-state index contributed by atoms with van der Waals surface area (Å²) in [6.45, 7) is 2.74. The number of aryl methyl sites for hydroxylation is 1. The lowest BCUT2D eigenvalue weighted by Crippen LogP contribution is -2.33. The number of hydrogen-bond donors (Lipinski definition) is 0. The molecule has 0 atom stereocenters. The van der Waals surface area contributed by atoms with E-state index in [4.69, 9.17) is 13.9 Å². The molecular formula is C21H19NO5. The van der Waals surface area contributed by atoms with Gasteiger partial charge in [0, 0.05) is 11.5 Å². The molecule has 2 heterocycles. The first-order chi connectivity index (χ1) is 13.1. The van der Waals surface area contributed by atoms with E-state index >= 15 is 0 Å². The molecular weight excluding hydrogens is 346 g/mol. The van der Waals surface area contributed by atoms with E-state index in [2.05, 4.69) is 0 Å². The van der Waals surface area contributed by atoms with Gasteiger partial charge in [-0.2, -0.15) is 0 Å². The minimum absolute atomic E-state index is 0.282. The van der Waals surface area contributed by atoms with Crippen LogP contribution in [-0.4, -0.2) is 19.8 Å². The van der Waals surface area contributed by atoms with Crippen LogP contribution >= 0.6 is 0 Å². The summed E-state index contributed by atoms with van der Waals surface area (Å²) in [4.78, 5) is 26.0. The number of anilines is 1. The minimum atomic E-state index is -0.408. The summed E-state index contributed by atoms with van der Waals surface area (Å²) in [5.74, 6) is 0.278. The van der Waals surface area contributed by atoms with Crippen LogP contribution in [0.25, 0.3) is 11.0 Å². The quantitative estimate of drug-likeness (QED) is 0.523. The Morgan fingerprint density at radius 1 is 1.22 bits per heavy atom. The van der Waals surface area contributed by atoms with E-state index in [0.29, 0.717) is 29.1 Å². The molecule has 1 aliphatic heterocycles. The Bertz CT molecular complexity index is 1090. The molecule has 0 bridgehead atoms. The van der Waals surface area contributed by atoms with Gasteiger partial charge in [-0.15, -0.1) is 0 Å². The Morgan fingerprint density at radius 3 is 2.81 bits per heavy atom. The fraction of sp³-hybridized carbons (Fsp3) is 0.238. The predicted octanol–water partition coefficient (Wildman–Crippen LogP) is 3.50. The number of nitrogens with zero attached hydrogens (tertiary/aromatic N) is 1. The summed E-state index contributed by atoms with van der Waals surface area (Å²) in [7, 11) is 1.36. The lowest BCUT2D eigenvalue weighted by molar-refractivity contribution is 0.0601. The molecule has 0 aliphatic carbocycles. The van der Waals surface area contributed by atoms with Gasteiger partial charge in [0.25, 0.3) is 0 Å². The van der Waals surface area contributed by atoms with Crippen LogP contribution in [0.3, 0.4) is 0 Å². The Labute approximate surface area is 155 Å². The largest absolute Gasteiger partial charge is 0.473 e. The van der Waals surface area contributed by atoms with Gasteiger partial charge in [-0.05, 0) is 36.2 Å². The zero-order chi connectivity index (χ0) is 19.0. The number of fused-ring (bicyclic) bond motifs is 3. The van der Waals surface area contributed by atoms with Gasteiger partial charge in [-0.3, -0.25) is 0 Å². The van der Waals surface area contributed by atoms with Crippen molar-refractivity contribution in [3.63, 3.8) is 0 Å². The fourth-order valence-corrected chi connectivity index (χ4v) is 3.48. The summed E-state index contributed by atoms with van der Waals surface area (Å²) >= 11 is 0. The summed E-state index contributed by atoms with van der Waals surface area (Å²) in [5.41, 5.74) is 3.07. The maximum Gasteiger partial charge on any atom is 0.339 e. The van der Waals surface area contributed by atoms with E-state index in [-0.39, 0.29) is 12.4 Å². The number of esters is 1. The Balaban J connectivity index is 1.83. The van der Waals surface area contributed by atoms with Crippen molar-refractivity contribution in [2.75, 3.05) is 18.7 Å². The maximum absolute atomic E-state index is 12.1. The fourth-order valence-electron chi connectivity index (χ4n) is 3.48. The molecule has 0 spiro atoms. The highest BCUT2D eigenvalue weighted by molar-refractivity contribution is 5.96. The average molecular weight is 365 g/mol. The molecule has 1 aromatic heterocycles. The minimum Gasteiger partial charge on any atom is -0.473 e. The normalized spacial score (nSPS) is 13.2. The second-order valence-corrected chi connectivity index (χ2v) is 6.34. The number of methoxy groups -OCH3 is 1. The Kier molecular flexibility index (Phi) is 4.32. The number of hydrogen-bond acceptors (Lipinski definition) is 6. The van der Waals surface area contributed by atoms with Crippen LogP contribution in [0.15, 0.2) is 51.7 Å². The van der Waals surface area contributed by atoms with Crippen molar-refractivity contribution in [1.29, 1.82) is 0 Å². The van der Waals surface area contributed by atoms with Gasteiger partial charge in [0.1, 0.15) is 11.3 Å². The van der Waals surface area contributed by atoms with Crippen molar-refractivity contribution in [2.45, 2.75) is 19.9 Å². The molecule has 2 aromatic carbocycles. The Hall–Kier alpha value is -3.28. The molecule has 0 fully saturated rings. The van der Waals surface area contributed by atoms with Crippen molar-refractivity contribution in [3.05, 3.63) is 69.6 Å². The number of ether oxygens (including phenoxy) is 2. The van der Waals surface area contributed by atoms with E-state index in [1.54, 1.807) is 12.1 Å². The molecule has 0 unspecified atom stereocenters. The summed E-state index contributed by atoms with van der Waals surface area (Å²) < 4.78 is 16.3. The van der Waals surface area contributed by atoms with Crippen molar-refractivity contribution in [2.24, 2.45) is 0 Å². The van der Waals surface area contributed by atoms with E-state index in [9.17, 15) is 9.59 Å². The summed E-state index contributed by atoms with van der Waals surface area (Å²) in [6, 6.07) is 12.6. The number of benzene rings is 2. The predicted molar refractivity (Wildman–Crippen MR) is 101 cm³/mol. The molecule has 6 nitrogen and oxygen atoms in total. The van der Waals surface area contributed by atoms with Crippen molar-refractivity contribution >= 4 is 22.6 Å². The molecule has 0 amide bonds. The van der Waals surface area contributed by atoms with Gasteiger partial charge in [0.05, 0.1) is 30.5 Å². The lowest BCUT2D eigenvalue weighted by Gasteiger charge is -2.32. The Morgan fingerprint density at radius 2 is 2.04 bits per heavy atom. The molecule has 0 N–H and O–H groups in total. The third-order valence-electron chi connectivity index (χ3n) is 4.81. The van der Waals surface area contributed by atoms with Crippen molar-refractivity contribution < 1.29 is 18.7 Å². The van der Waals surface area contributed by atoms with Gasteiger partial charge in [-0.25, -0.2) is 9.59 Å². The monoisotopic (exact) mass is 365 g/mol. The smallest absolute Gasteiger partial charge is 0.339 e. The number of rotatable bonds is 3. The molecule has 4 rings (SSSR count). The highest BCUT2D eigenvalue weighted by atomic mass is 16.5. The van der Waals surface area contributed by atoms with Crippen LogP contribution < -0.4 is 15.3 Å². The first kappa shape index (κ1) is 17.1. The zero-order valence-electron chi connectivity index (χ0n) is 15.2. The second-order valence-electron chi connectivity index (χ2n) is 6.34. The third-order valence-corrected chi connectivity index (χ3v) is 4.81. The van der Waals surface area contributed by atoms with Crippen LogP contribution in [0, 0.1) is 0 Å². The molecule has 0 radical (unpaired) electrons. The van der Waals surface area contributed by atoms with E-state index in [0.717, 1.165) is 22.9 Å². The molecule has 3 aromatic rings. The summed E-state index contributed by atoms with van der Waals surface area (Å²) in [5, 5.41) is 0.905. The zero-order valence-corrected chi connectivity index (χ0v) is 15.2. The van der Waals surface area contributed by atoms with Crippen LogP contribution in [0.5, 0.6) is 5.75 Å². The SMILES string of the molecule is CCc1cc(=O)oc2c3c(ccc12)OCN(c1ccccc1C(=O)OC)C3. The van der Waals surface area contributed by atoms with Crippen LogP contribution in [0.4, 0.5) is 5.69 Å². The van der Waals surface area contributed by atoms with Crippen LogP contribution in [-0.2, 0) is 17.7 Å². The van der Waals surface area contributed by atoms with Gasteiger partial charge < -0.3 is 18.8 Å². The molecule has 6 heteroatoms. The molecule has 0 saturated heterocycles. The molecule has 27 heavy (non-hydrogen) atoms. The van der Waals surface area contributed by atoms with Gasteiger partial charge in [0.2, 0.25) is 0 Å². The second kappa shape index (κ2) is 6.79. The third kappa shape index (κ3) is 2.93. The first-order valence-corrected chi connectivity index (χ1v) is 8.76.